The minimum absolute atomic E-state index is 0.0268. The zero-order chi connectivity index (χ0) is 18.7. The fraction of sp³-hybridized carbons (Fsp3) is 0.238. The van der Waals surface area contributed by atoms with Gasteiger partial charge < -0.3 is 15.0 Å². The number of anilines is 1. The molecule has 0 saturated heterocycles. The molecule has 2 N–H and O–H groups in total. The molecule has 134 valence electrons. The van der Waals surface area contributed by atoms with E-state index in [1.54, 1.807) is 6.92 Å². The van der Waals surface area contributed by atoms with Crippen molar-refractivity contribution in [1.29, 1.82) is 0 Å². The zero-order valence-corrected chi connectivity index (χ0v) is 15.1. The van der Waals surface area contributed by atoms with Gasteiger partial charge in [0.25, 0.3) is 5.56 Å². The van der Waals surface area contributed by atoms with Crippen molar-refractivity contribution in [3.05, 3.63) is 70.0 Å². The summed E-state index contributed by atoms with van der Waals surface area (Å²) in [6.07, 6.45) is 0.267. The number of fused-ring (bicyclic) bond motifs is 1. The van der Waals surface area contributed by atoms with E-state index in [-0.39, 0.29) is 24.0 Å². The molecule has 0 bridgehead atoms. The van der Waals surface area contributed by atoms with Crippen LogP contribution in [0.25, 0.3) is 10.9 Å². The lowest BCUT2D eigenvalue weighted by Gasteiger charge is -2.14. The van der Waals surface area contributed by atoms with Crippen LogP contribution in [0.4, 0.5) is 5.69 Å². The normalized spacial score (nSPS) is 10.9. The second-order valence-corrected chi connectivity index (χ2v) is 6.59. The lowest BCUT2D eigenvalue weighted by atomic mass is 10.1. The number of carbonyl (C=O) groups is 1. The van der Waals surface area contributed by atoms with Crippen molar-refractivity contribution in [2.24, 2.45) is 0 Å². The molecule has 0 saturated carbocycles. The maximum Gasteiger partial charge on any atom is 0.251 e. The number of hydrogen-bond donors (Lipinski definition) is 2. The van der Waals surface area contributed by atoms with Crippen molar-refractivity contribution in [3.63, 3.8) is 0 Å². The van der Waals surface area contributed by atoms with Crippen molar-refractivity contribution in [3.8, 4) is 5.75 Å². The number of benzene rings is 2. The van der Waals surface area contributed by atoms with Crippen LogP contribution in [-0.2, 0) is 11.2 Å². The summed E-state index contributed by atoms with van der Waals surface area (Å²) in [5.74, 6) is 0.535. The smallest absolute Gasteiger partial charge is 0.251 e. The number of para-hydroxylation sites is 2. The average molecular weight is 350 g/mol. The van der Waals surface area contributed by atoms with Crippen LogP contribution in [0.15, 0.2) is 53.3 Å². The third-order valence-corrected chi connectivity index (χ3v) is 3.98. The Morgan fingerprint density at radius 2 is 1.92 bits per heavy atom. The molecule has 0 radical (unpaired) electrons. The molecule has 3 aromatic rings. The first kappa shape index (κ1) is 17.7. The maximum atomic E-state index is 12.5. The third kappa shape index (κ3) is 4.11. The van der Waals surface area contributed by atoms with Crippen molar-refractivity contribution in [2.75, 3.05) is 5.32 Å². The minimum atomic E-state index is -0.120. The largest absolute Gasteiger partial charge is 0.489 e. The maximum absolute atomic E-state index is 12.5. The van der Waals surface area contributed by atoms with Crippen LogP contribution < -0.4 is 15.6 Å². The molecule has 0 aliphatic carbocycles. The van der Waals surface area contributed by atoms with Crippen molar-refractivity contribution < 1.29 is 9.53 Å². The number of aromatic amines is 1. The van der Waals surface area contributed by atoms with Gasteiger partial charge in [-0.1, -0.05) is 18.2 Å². The summed E-state index contributed by atoms with van der Waals surface area (Å²) in [7, 11) is 0. The molecule has 5 nitrogen and oxygen atoms in total. The summed E-state index contributed by atoms with van der Waals surface area (Å²) < 4.78 is 5.73. The Hall–Kier alpha value is -3.08. The topological polar surface area (TPSA) is 71.2 Å². The van der Waals surface area contributed by atoms with Gasteiger partial charge in [-0.2, -0.15) is 0 Å². The lowest BCUT2D eigenvalue weighted by Crippen LogP contribution is -2.16. The van der Waals surface area contributed by atoms with Gasteiger partial charge in [-0.3, -0.25) is 9.59 Å². The Balaban J connectivity index is 1.77. The Morgan fingerprint density at radius 3 is 2.69 bits per heavy atom. The summed E-state index contributed by atoms with van der Waals surface area (Å²) in [5.41, 5.74) is 2.86. The van der Waals surface area contributed by atoms with Crippen LogP contribution in [0.2, 0.25) is 0 Å². The number of aromatic nitrogens is 1. The van der Waals surface area contributed by atoms with Gasteiger partial charge in [-0.05, 0) is 62.1 Å². The first-order chi connectivity index (χ1) is 12.4. The van der Waals surface area contributed by atoms with E-state index in [0.717, 1.165) is 16.5 Å². The molecule has 5 heteroatoms. The summed E-state index contributed by atoms with van der Waals surface area (Å²) in [5, 5.41) is 3.82. The highest BCUT2D eigenvalue weighted by molar-refractivity contribution is 5.94. The Kier molecular flexibility index (Phi) is 5.07. The van der Waals surface area contributed by atoms with Crippen molar-refractivity contribution >= 4 is 22.5 Å². The molecule has 0 aliphatic rings. The third-order valence-electron chi connectivity index (χ3n) is 3.98. The molecule has 0 aliphatic heterocycles. The second kappa shape index (κ2) is 7.44. The van der Waals surface area contributed by atoms with E-state index in [4.69, 9.17) is 4.74 Å². The SMILES string of the molecule is Cc1cc2cc(CC(=O)Nc3ccccc3OC(C)C)ccc2[nH]c1=O. The van der Waals surface area contributed by atoms with E-state index < -0.39 is 0 Å². The van der Waals surface area contributed by atoms with E-state index in [2.05, 4.69) is 10.3 Å². The predicted octanol–water partition coefficient (Wildman–Crippen LogP) is 3.80. The molecule has 1 amide bonds. The molecular formula is C21H22N2O3. The molecule has 0 fully saturated rings. The molecule has 1 heterocycles. The quantitative estimate of drug-likeness (QED) is 0.735. The molecule has 26 heavy (non-hydrogen) atoms. The predicted molar refractivity (Wildman–Crippen MR) is 104 cm³/mol. The number of amides is 1. The highest BCUT2D eigenvalue weighted by atomic mass is 16.5. The first-order valence-electron chi connectivity index (χ1n) is 8.60. The van der Waals surface area contributed by atoms with Crippen molar-refractivity contribution in [2.45, 2.75) is 33.3 Å². The van der Waals surface area contributed by atoms with E-state index in [1.807, 2.05) is 62.4 Å². The van der Waals surface area contributed by atoms with Crippen LogP contribution >= 0.6 is 0 Å². The summed E-state index contributed by atoms with van der Waals surface area (Å²) in [4.78, 5) is 27.0. The zero-order valence-electron chi connectivity index (χ0n) is 15.1. The van der Waals surface area contributed by atoms with E-state index in [0.29, 0.717) is 17.0 Å². The Morgan fingerprint density at radius 1 is 1.15 bits per heavy atom. The number of hydrogen-bond acceptors (Lipinski definition) is 3. The first-order valence-corrected chi connectivity index (χ1v) is 8.60. The van der Waals surface area contributed by atoms with Gasteiger partial charge in [0.2, 0.25) is 5.91 Å². The van der Waals surface area contributed by atoms with Gasteiger partial charge in [0, 0.05) is 11.1 Å². The van der Waals surface area contributed by atoms with Crippen LogP contribution in [0, 0.1) is 6.92 Å². The molecular weight excluding hydrogens is 328 g/mol. The standard InChI is InChI=1S/C21H22N2O3/c1-13(2)26-19-7-5-4-6-18(19)22-20(24)12-15-8-9-17-16(11-15)10-14(3)21(25)23-17/h4-11,13H,12H2,1-3H3,(H,22,24)(H,23,25). The van der Waals surface area contributed by atoms with E-state index >= 15 is 0 Å². The molecule has 3 rings (SSSR count). The summed E-state index contributed by atoms with van der Waals surface area (Å²) in [6.45, 7) is 5.66. The molecule has 0 atom stereocenters. The van der Waals surface area contributed by atoms with Crippen LogP contribution in [0.5, 0.6) is 5.75 Å². The van der Waals surface area contributed by atoms with Gasteiger partial charge in [0.1, 0.15) is 5.75 Å². The van der Waals surface area contributed by atoms with E-state index in [1.165, 1.54) is 0 Å². The van der Waals surface area contributed by atoms with Gasteiger partial charge in [0.15, 0.2) is 0 Å². The molecule has 1 aromatic heterocycles. The number of rotatable bonds is 5. The van der Waals surface area contributed by atoms with Gasteiger partial charge in [0.05, 0.1) is 18.2 Å². The number of nitrogens with one attached hydrogen (secondary N) is 2. The summed E-state index contributed by atoms with van der Waals surface area (Å²) >= 11 is 0. The van der Waals surface area contributed by atoms with Gasteiger partial charge >= 0.3 is 0 Å². The van der Waals surface area contributed by atoms with Gasteiger partial charge in [-0.15, -0.1) is 0 Å². The van der Waals surface area contributed by atoms with Crippen LogP contribution in [-0.4, -0.2) is 17.0 Å². The molecule has 2 aromatic carbocycles. The van der Waals surface area contributed by atoms with Gasteiger partial charge in [-0.25, -0.2) is 0 Å². The highest BCUT2D eigenvalue weighted by Crippen LogP contribution is 2.25. The molecule has 0 unspecified atom stereocenters. The fourth-order valence-corrected chi connectivity index (χ4v) is 2.78. The van der Waals surface area contributed by atoms with Crippen LogP contribution in [0.1, 0.15) is 25.0 Å². The number of pyridine rings is 1. The summed E-state index contributed by atoms with van der Waals surface area (Å²) in [6, 6.07) is 14.8. The monoisotopic (exact) mass is 350 g/mol. The lowest BCUT2D eigenvalue weighted by molar-refractivity contribution is -0.115. The molecule has 0 spiro atoms. The van der Waals surface area contributed by atoms with Crippen LogP contribution in [0.3, 0.4) is 0 Å². The Bertz CT molecular complexity index is 1010. The average Bonchev–Trinajstić information content (AvgIpc) is 2.57. The van der Waals surface area contributed by atoms with Crippen molar-refractivity contribution in [1.82, 2.24) is 4.98 Å². The number of carbonyl (C=O) groups excluding carboxylic acids is 1. The Labute approximate surface area is 152 Å². The minimum Gasteiger partial charge on any atom is -0.489 e. The number of H-pyrrole nitrogens is 1. The second-order valence-electron chi connectivity index (χ2n) is 6.59. The van der Waals surface area contributed by atoms with E-state index in [9.17, 15) is 9.59 Å². The number of aryl methyl sites for hydroxylation is 1. The number of ether oxygens (including phenoxy) is 1. The fourth-order valence-electron chi connectivity index (χ4n) is 2.78. The highest BCUT2D eigenvalue weighted by Gasteiger charge is 2.10.